The quantitative estimate of drug-likeness (QED) is 0.324. The first kappa shape index (κ1) is 22.8. The maximum atomic E-state index is 12.6. The molecule has 0 aliphatic heterocycles. The van der Waals surface area contributed by atoms with E-state index < -0.39 is 15.9 Å². The fourth-order valence-electron chi connectivity index (χ4n) is 2.34. The summed E-state index contributed by atoms with van der Waals surface area (Å²) in [5.41, 5.74) is 1.88. The molecule has 0 saturated heterocycles. The maximum Gasteiger partial charge on any atom is 0.341 e. The summed E-state index contributed by atoms with van der Waals surface area (Å²) >= 11 is 19.4. The van der Waals surface area contributed by atoms with Crippen LogP contribution in [0.1, 0.15) is 31.1 Å². The Morgan fingerprint density at radius 2 is 1.82 bits per heavy atom. The highest BCUT2D eigenvalue weighted by atomic mass is 35.6. The number of esters is 1. The lowest BCUT2D eigenvalue weighted by molar-refractivity contribution is -0.124. The van der Waals surface area contributed by atoms with Gasteiger partial charge in [0.15, 0.2) is 0 Å². The molecule has 2 rings (SSSR count). The SMILES string of the molecule is CCOC(=O)c1c(-c2ccccc2)csc1NC(NC(=O)C(C)C)C(Cl)(Cl)Cl. The highest BCUT2D eigenvalue weighted by molar-refractivity contribution is 7.15. The van der Waals surface area contributed by atoms with Crippen LogP contribution in [0.3, 0.4) is 0 Å². The number of hydrogen-bond acceptors (Lipinski definition) is 5. The Morgan fingerprint density at radius 1 is 1.18 bits per heavy atom. The van der Waals surface area contributed by atoms with E-state index in [2.05, 4.69) is 10.6 Å². The van der Waals surface area contributed by atoms with Crippen LogP contribution in [0.2, 0.25) is 0 Å². The first-order valence-corrected chi connectivity index (χ1v) is 10.6. The Bertz CT molecular complexity index is 820. The topological polar surface area (TPSA) is 67.4 Å². The molecule has 152 valence electrons. The van der Waals surface area contributed by atoms with Gasteiger partial charge >= 0.3 is 5.97 Å². The lowest BCUT2D eigenvalue weighted by atomic mass is 10.0. The van der Waals surface area contributed by atoms with Crippen molar-refractivity contribution in [2.24, 2.45) is 5.92 Å². The van der Waals surface area contributed by atoms with Crippen molar-refractivity contribution in [1.82, 2.24) is 5.32 Å². The largest absolute Gasteiger partial charge is 0.462 e. The standard InChI is InChI=1S/C19H21Cl3N2O3S/c1-4-27-17(26)14-13(12-8-6-5-7-9-12)10-28-16(14)24-18(19(20,21)22)23-15(25)11(2)3/h5-11,18,24H,4H2,1-3H3,(H,23,25). The Labute approximate surface area is 183 Å². The summed E-state index contributed by atoms with van der Waals surface area (Å²) in [5.74, 6) is -1.09. The molecule has 1 aromatic carbocycles. The summed E-state index contributed by atoms with van der Waals surface area (Å²) < 4.78 is 3.38. The predicted octanol–water partition coefficient (Wildman–Crippen LogP) is 5.47. The van der Waals surface area contributed by atoms with E-state index in [9.17, 15) is 9.59 Å². The Kier molecular flexibility index (Phi) is 8.01. The van der Waals surface area contributed by atoms with Gasteiger partial charge in [-0.05, 0) is 12.5 Å². The van der Waals surface area contributed by atoms with Crippen LogP contribution in [0, 0.1) is 5.92 Å². The van der Waals surface area contributed by atoms with Crippen molar-refractivity contribution >= 4 is 63.0 Å². The zero-order chi connectivity index (χ0) is 20.9. The summed E-state index contributed by atoms with van der Waals surface area (Å²) in [5, 5.41) is 7.92. The molecule has 9 heteroatoms. The molecule has 0 radical (unpaired) electrons. The summed E-state index contributed by atoms with van der Waals surface area (Å²) in [6.07, 6.45) is -1.04. The van der Waals surface area contributed by atoms with Gasteiger partial charge < -0.3 is 15.4 Å². The second-order valence-electron chi connectivity index (χ2n) is 6.22. The number of hydrogen-bond donors (Lipinski definition) is 2. The average molecular weight is 464 g/mol. The molecule has 1 amide bonds. The molecular formula is C19H21Cl3N2O3S. The first-order chi connectivity index (χ1) is 13.1. The molecule has 0 aliphatic carbocycles. The highest BCUT2D eigenvalue weighted by Crippen LogP contribution is 2.39. The van der Waals surface area contributed by atoms with Gasteiger partial charge in [0.05, 0.1) is 6.61 Å². The Balaban J connectivity index is 2.44. The van der Waals surface area contributed by atoms with E-state index in [0.29, 0.717) is 16.1 Å². The van der Waals surface area contributed by atoms with Crippen molar-refractivity contribution in [1.29, 1.82) is 0 Å². The molecule has 1 heterocycles. The Morgan fingerprint density at radius 3 is 2.36 bits per heavy atom. The molecule has 1 unspecified atom stereocenters. The number of ether oxygens (including phenoxy) is 1. The summed E-state index contributed by atoms with van der Waals surface area (Å²) in [6, 6.07) is 9.42. The molecular weight excluding hydrogens is 443 g/mol. The molecule has 1 atom stereocenters. The van der Waals surface area contributed by atoms with Crippen LogP contribution in [0.5, 0.6) is 0 Å². The molecule has 1 aromatic heterocycles. The van der Waals surface area contributed by atoms with Crippen LogP contribution < -0.4 is 10.6 Å². The van der Waals surface area contributed by atoms with Crippen LogP contribution >= 0.6 is 46.1 Å². The first-order valence-electron chi connectivity index (χ1n) is 8.62. The minimum atomic E-state index is -1.84. The maximum absolute atomic E-state index is 12.6. The third-order valence-corrected chi connectivity index (χ3v) is 5.33. The molecule has 2 N–H and O–H groups in total. The number of carbonyl (C=O) groups excluding carboxylic acids is 2. The van der Waals surface area contributed by atoms with Crippen molar-refractivity contribution in [3.05, 3.63) is 41.3 Å². The van der Waals surface area contributed by atoms with Crippen molar-refractivity contribution in [2.45, 2.75) is 30.7 Å². The molecule has 0 spiro atoms. The van der Waals surface area contributed by atoms with Crippen LogP contribution in [0.15, 0.2) is 35.7 Å². The molecule has 0 fully saturated rings. The van der Waals surface area contributed by atoms with Gasteiger partial charge in [0.25, 0.3) is 0 Å². The number of carbonyl (C=O) groups is 2. The summed E-state index contributed by atoms with van der Waals surface area (Å²) in [7, 11) is 0. The summed E-state index contributed by atoms with van der Waals surface area (Å²) in [6.45, 7) is 5.41. The van der Waals surface area contributed by atoms with Crippen molar-refractivity contribution in [3.63, 3.8) is 0 Å². The monoisotopic (exact) mass is 462 g/mol. The minimum absolute atomic E-state index is 0.223. The number of nitrogens with one attached hydrogen (secondary N) is 2. The van der Waals surface area contributed by atoms with E-state index in [1.165, 1.54) is 11.3 Å². The van der Waals surface area contributed by atoms with Gasteiger partial charge in [0, 0.05) is 16.9 Å². The van der Waals surface area contributed by atoms with Gasteiger partial charge in [0.1, 0.15) is 16.7 Å². The van der Waals surface area contributed by atoms with Crippen molar-refractivity contribution in [2.75, 3.05) is 11.9 Å². The molecule has 0 bridgehead atoms. The number of amides is 1. The van der Waals surface area contributed by atoms with Crippen LogP contribution in [-0.2, 0) is 9.53 Å². The lowest BCUT2D eigenvalue weighted by Gasteiger charge is -2.28. The molecule has 5 nitrogen and oxygen atoms in total. The van der Waals surface area contributed by atoms with Gasteiger partial charge in [-0.1, -0.05) is 79.0 Å². The van der Waals surface area contributed by atoms with Crippen LogP contribution in [0.25, 0.3) is 11.1 Å². The van der Waals surface area contributed by atoms with Gasteiger partial charge in [-0.3, -0.25) is 4.79 Å². The minimum Gasteiger partial charge on any atom is -0.462 e. The van der Waals surface area contributed by atoms with Gasteiger partial charge in [0.2, 0.25) is 9.70 Å². The van der Waals surface area contributed by atoms with Gasteiger partial charge in [-0.2, -0.15) is 0 Å². The van der Waals surface area contributed by atoms with E-state index in [-0.39, 0.29) is 18.4 Å². The number of benzene rings is 1. The Hall–Kier alpha value is -1.47. The molecule has 0 aliphatic rings. The third kappa shape index (κ3) is 5.77. The van der Waals surface area contributed by atoms with E-state index in [1.807, 2.05) is 35.7 Å². The lowest BCUT2D eigenvalue weighted by Crippen LogP contribution is -2.50. The number of anilines is 1. The molecule has 0 saturated carbocycles. The number of rotatable bonds is 7. The van der Waals surface area contributed by atoms with E-state index in [1.54, 1.807) is 20.8 Å². The smallest absolute Gasteiger partial charge is 0.341 e. The fourth-order valence-corrected chi connectivity index (χ4v) is 3.65. The highest BCUT2D eigenvalue weighted by Gasteiger charge is 2.36. The molecule has 2 aromatic rings. The van der Waals surface area contributed by atoms with Crippen molar-refractivity contribution in [3.8, 4) is 11.1 Å². The van der Waals surface area contributed by atoms with Crippen LogP contribution in [-0.4, -0.2) is 28.4 Å². The zero-order valence-corrected chi connectivity index (χ0v) is 18.7. The summed E-state index contributed by atoms with van der Waals surface area (Å²) in [4.78, 5) is 24.8. The van der Waals surface area contributed by atoms with E-state index in [4.69, 9.17) is 39.5 Å². The van der Waals surface area contributed by atoms with Gasteiger partial charge in [-0.25, -0.2) is 4.79 Å². The third-order valence-electron chi connectivity index (χ3n) is 3.77. The van der Waals surface area contributed by atoms with Crippen LogP contribution in [0.4, 0.5) is 5.00 Å². The predicted molar refractivity (Wildman–Crippen MR) is 116 cm³/mol. The number of thiophene rings is 1. The van der Waals surface area contributed by atoms with E-state index >= 15 is 0 Å². The second-order valence-corrected chi connectivity index (χ2v) is 9.47. The second kappa shape index (κ2) is 9.83. The number of halogens is 3. The molecule has 28 heavy (non-hydrogen) atoms. The normalized spacial score (nSPS) is 12.5. The van der Waals surface area contributed by atoms with Crippen molar-refractivity contribution < 1.29 is 14.3 Å². The van der Waals surface area contributed by atoms with E-state index in [0.717, 1.165) is 5.56 Å². The zero-order valence-electron chi connectivity index (χ0n) is 15.6. The average Bonchev–Trinajstić information content (AvgIpc) is 3.05. The van der Waals surface area contributed by atoms with Gasteiger partial charge in [-0.15, -0.1) is 11.3 Å². The fraction of sp³-hybridized carbons (Fsp3) is 0.368. The number of alkyl halides is 3.